The summed E-state index contributed by atoms with van der Waals surface area (Å²) in [5.74, 6) is 0.416. The van der Waals surface area contributed by atoms with Crippen LogP contribution in [0.25, 0.3) is 0 Å². The molecular formula is C16H26N2O4S. The van der Waals surface area contributed by atoms with Gasteiger partial charge in [-0.3, -0.25) is 4.79 Å². The Balaban J connectivity index is 2.78. The number of hydrogen-bond acceptors (Lipinski definition) is 4. The van der Waals surface area contributed by atoms with Crippen LogP contribution in [0.5, 0.6) is 5.75 Å². The van der Waals surface area contributed by atoms with E-state index in [0.29, 0.717) is 18.8 Å². The van der Waals surface area contributed by atoms with Gasteiger partial charge in [-0.2, -0.15) is 0 Å². The molecular weight excluding hydrogens is 316 g/mol. The first-order valence-electron chi connectivity index (χ1n) is 7.77. The van der Waals surface area contributed by atoms with Crippen LogP contribution in [-0.2, 0) is 14.8 Å². The van der Waals surface area contributed by atoms with Crippen molar-refractivity contribution in [1.82, 2.24) is 9.62 Å². The SMILES string of the molecule is CCCN(CCC)C(=O)CNS(=O)(=O)c1ccc(OC)c(C)c1. The molecule has 0 aromatic heterocycles. The lowest BCUT2D eigenvalue weighted by molar-refractivity contribution is -0.130. The molecule has 6 nitrogen and oxygen atoms in total. The Labute approximate surface area is 138 Å². The van der Waals surface area contributed by atoms with Crippen LogP contribution in [0.4, 0.5) is 0 Å². The van der Waals surface area contributed by atoms with Crippen LogP contribution in [0, 0.1) is 6.92 Å². The summed E-state index contributed by atoms with van der Waals surface area (Å²) in [5, 5.41) is 0. The minimum Gasteiger partial charge on any atom is -0.496 e. The Kier molecular flexibility index (Phi) is 7.51. The maximum atomic E-state index is 12.3. The van der Waals surface area contributed by atoms with Crippen LogP contribution in [0.15, 0.2) is 23.1 Å². The molecule has 0 aliphatic rings. The van der Waals surface area contributed by atoms with Gasteiger partial charge in [0.15, 0.2) is 0 Å². The number of aryl methyl sites for hydroxylation is 1. The number of amides is 1. The quantitative estimate of drug-likeness (QED) is 0.744. The molecule has 0 saturated heterocycles. The smallest absolute Gasteiger partial charge is 0.241 e. The lowest BCUT2D eigenvalue weighted by Crippen LogP contribution is -2.40. The molecule has 0 fully saturated rings. The monoisotopic (exact) mass is 342 g/mol. The molecule has 0 atom stereocenters. The van der Waals surface area contributed by atoms with Crippen molar-refractivity contribution in [3.05, 3.63) is 23.8 Å². The van der Waals surface area contributed by atoms with Crippen LogP contribution >= 0.6 is 0 Å². The third-order valence-electron chi connectivity index (χ3n) is 3.43. The highest BCUT2D eigenvalue weighted by Gasteiger charge is 2.19. The molecule has 0 aliphatic carbocycles. The Morgan fingerprint density at radius 2 is 1.83 bits per heavy atom. The summed E-state index contributed by atoms with van der Waals surface area (Å²) in [6, 6.07) is 4.60. The number of benzene rings is 1. The van der Waals surface area contributed by atoms with Crippen molar-refractivity contribution in [1.29, 1.82) is 0 Å². The molecule has 1 N–H and O–H groups in total. The number of hydrogen-bond donors (Lipinski definition) is 1. The molecule has 0 bridgehead atoms. The number of carbonyl (C=O) groups excluding carboxylic acids is 1. The Morgan fingerprint density at radius 3 is 2.30 bits per heavy atom. The largest absolute Gasteiger partial charge is 0.496 e. The van der Waals surface area contributed by atoms with Gasteiger partial charge in [0.2, 0.25) is 15.9 Å². The van der Waals surface area contributed by atoms with E-state index in [2.05, 4.69) is 4.72 Å². The average molecular weight is 342 g/mol. The number of ether oxygens (including phenoxy) is 1. The van der Waals surface area contributed by atoms with Crippen molar-refractivity contribution in [2.45, 2.75) is 38.5 Å². The third-order valence-corrected chi connectivity index (χ3v) is 4.83. The van der Waals surface area contributed by atoms with Crippen LogP contribution in [0.2, 0.25) is 0 Å². The van der Waals surface area contributed by atoms with E-state index in [-0.39, 0.29) is 17.3 Å². The molecule has 23 heavy (non-hydrogen) atoms. The van der Waals surface area contributed by atoms with E-state index < -0.39 is 10.0 Å². The van der Waals surface area contributed by atoms with Gasteiger partial charge in [0, 0.05) is 13.1 Å². The normalized spacial score (nSPS) is 11.3. The van der Waals surface area contributed by atoms with Gasteiger partial charge in [-0.15, -0.1) is 0 Å². The highest BCUT2D eigenvalue weighted by atomic mass is 32.2. The van der Waals surface area contributed by atoms with E-state index in [0.717, 1.165) is 18.4 Å². The van der Waals surface area contributed by atoms with Gasteiger partial charge in [0.1, 0.15) is 5.75 Å². The number of methoxy groups -OCH3 is 1. The molecule has 1 aromatic carbocycles. The molecule has 0 saturated carbocycles. The van der Waals surface area contributed by atoms with Crippen molar-refractivity contribution in [3.8, 4) is 5.75 Å². The standard InChI is InChI=1S/C16H26N2O4S/c1-5-9-18(10-6-2)16(19)12-17-23(20,21)14-7-8-15(22-4)13(3)11-14/h7-8,11,17H,5-6,9-10,12H2,1-4H3. The van der Waals surface area contributed by atoms with Crippen LogP contribution in [0.1, 0.15) is 32.3 Å². The number of carbonyl (C=O) groups is 1. The van der Waals surface area contributed by atoms with E-state index in [1.165, 1.54) is 19.2 Å². The topological polar surface area (TPSA) is 75.7 Å². The van der Waals surface area contributed by atoms with Gasteiger partial charge >= 0.3 is 0 Å². The molecule has 0 aliphatic heterocycles. The average Bonchev–Trinajstić information content (AvgIpc) is 2.52. The van der Waals surface area contributed by atoms with Gasteiger partial charge in [-0.05, 0) is 43.5 Å². The summed E-state index contributed by atoms with van der Waals surface area (Å²) in [6.07, 6.45) is 1.69. The first kappa shape index (κ1) is 19.4. The van der Waals surface area contributed by atoms with E-state index in [1.54, 1.807) is 17.9 Å². The molecule has 0 spiro atoms. The van der Waals surface area contributed by atoms with Gasteiger partial charge in [0.25, 0.3) is 0 Å². The Morgan fingerprint density at radius 1 is 1.22 bits per heavy atom. The second-order valence-corrected chi connectivity index (χ2v) is 7.10. The minimum atomic E-state index is -3.72. The predicted molar refractivity (Wildman–Crippen MR) is 90.1 cm³/mol. The fraction of sp³-hybridized carbons (Fsp3) is 0.562. The molecule has 7 heteroatoms. The first-order chi connectivity index (χ1) is 10.9. The zero-order chi connectivity index (χ0) is 17.5. The van der Waals surface area contributed by atoms with E-state index in [9.17, 15) is 13.2 Å². The maximum absolute atomic E-state index is 12.3. The highest BCUT2D eigenvalue weighted by Crippen LogP contribution is 2.21. The summed E-state index contributed by atoms with van der Waals surface area (Å²) in [4.78, 5) is 14.0. The Hall–Kier alpha value is -1.60. The third kappa shape index (κ3) is 5.51. The minimum absolute atomic E-state index is 0.126. The second kappa shape index (κ2) is 8.88. The van der Waals surface area contributed by atoms with Gasteiger partial charge in [0.05, 0.1) is 18.6 Å². The zero-order valence-electron chi connectivity index (χ0n) is 14.3. The predicted octanol–water partition coefficient (Wildman–Crippen LogP) is 1.93. The summed E-state index contributed by atoms with van der Waals surface area (Å²) >= 11 is 0. The van der Waals surface area contributed by atoms with E-state index >= 15 is 0 Å². The van der Waals surface area contributed by atoms with E-state index in [1.807, 2.05) is 13.8 Å². The molecule has 0 radical (unpaired) electrons. The van der Waals surface area contributed by atoms with Crippen molar-refractivity contribution in [3.63, 3.8) is 0 Å². The summed E-state index contributed by atoms with van der Waals surface area (Å²) < 4.78 is 32.1. The van der Waals surface area contributed by atoms with Crippen LogP contribution in [-0.4, -0.2) is 46.0 Å². The summed E-state index contributed by atoms with van der Waals surface area (Å²) in [6.45, 7) is 6.78. The molecule has 130 valence electrons. The molecule has 1 aromatic rings. The molecule has 0 unspecified atom stereocenters. The highest BCUT2D eigenvalue weighted by molar-refractivity contribution is 7.89. The van der Waals surface area contributed by atoms with Gasteiger partial charge in [-0.1, -0.05) is 13.8 Å². The number of sulfonamides is 1. The summed E-state index contributed by atoms with van der Waals surface area (Å²) in [5.41, 5.74) is 0.722. The fourth-order valence-electron chi connectivity index (χ4n) is 2.27. The number of nitrogens with one attached hydrogen (secondary N) is 1. The molecule has 0 heterocycles. The van der Waals surface area contributed by atoms with Gasteiger partial charge in [-0.25, -0.2) is 13.1 Å². The molecule has 1 amide bonds. The van der Waals surface area contributed by atoms with Crippen molar-refractivity contribution in [2.75, 3.05) is 26.7 Å². The van der Waals surface area contributed by atoms with Crippen molar-refractivity contribution >= 4 is 15.9 Å². The van der Waals surface area contributed by atoms with Crippen molar-refractivity contribution in [2.24, 2.45) is 0 Å². The van der Waals surface area contributed by atoms with E-state index in [4.69, 9.17) is 4.74 Å². The second-order valence-electron chi connectivity index (χ2n) is 5.34. The van der Waals surface area contributed by atoms with Gasteiger partial charge < -0.3 is 9.64 Å². The Bertz CT molecular complexity index is 623. The molecule has 1 rings (SSSR count). The fourth-order valence-corrected chi connectivity index (χ4v) is 3.33. The van der Waals surface area contributed by atoms with Crippen LogP contribution in [0.3, 0.4) is 0 Å². The number of rotatable bonds is 9. The lowest BCUT2D eigenvalue weighted by Gasteiger charge is -2.21. The van der Waals surface area contributed by atoms with Crippen molar-refractivity contribution < 1.29 is 17.9 Å². The number of nitrogens with zero attached hydrogens (tertiary/aromatic N) is 1. The van der Waals surface area contributed by atoms with Crippen LogP contribution < -0.4 is 9.46 Å². The summed E-state index contributed by atoms with van der Waals surface area (Å²) in [7, 11) is -2.19. The lowest BCUT2D eigenvalue weighted by atomic mass is 10.2. The zero-order valence-corrected chi connectivity index (χ0v) is 15.1. The first-order valence-corrected chi connectivity index (χ1v) is 9.26. The maximum Gasteiger partial charge on any atom is 0.241 e.